The highest BCUT2D eigenvalue weighted by molar-refractivity contribution is 5.75. The van der Waals surface area contributed by atoms with Gasteiger partial charge in [-0.15, -0.1) is 0 Å². The fourth-order valence-electron chi connectivity index (χ4n) is 1.81. The number of benzene rings is 2. The van der Waals surface area contributed by atoms with Gasteiger partial charge in [0.2, 0.25) is 6.10 Å². The summed E-state index contributed by atoms with van der Waals surface area (Å²) in [5.41, 5.74) is 1.77. The predicted molar refractivity (Wildman–Crippen MR) is 73.3 cm³/mol. The van der Waals surface area contributed by atoms with Crippen LogP contribution in [0.5, 0.6) is 5.75 Å². The van der Waals surface area contributed by atoms with Gasteiger partial charge in [0.05, 0.1) is 11.6 Å². The van der Waals surface area contributed by atoms with E-state index in [2.05, 4.69) is 0 Å². The van der Waals surface area contributed by atoms with E-state index in [-0.39, 0.29) is 0 Å². The maximum atomic E-state index is 11.4. The Hall–Kier alpha value is -2.80. The molecule has 20 heavy (non-hydrogen) atoms. The monoisotopic (exact) mass is 267 g/mol. The standard InChI is InChI=1S/C16H13NO3/c1-11-7-8-12(10-17)9-14(11)20-15(16(18)19)13-5-3-2-4-6-13/h2-9,15H,1H3,(H,18,19). The van der Waals surface area contributed by atoms with Crippen LogP contribution in [-0.2, 0) is 4.79 Å². The lowest BCUT2D eigenvalue weighted by Gasteiger charge is -2.17. The summed E-state index contributed by atoms with van der Waals surface area (Å²) in [7, 11) is 0. The minimum absolute atomic E-state index is 0.403. The molecule has 4 nitrogen and oxygen atoms in total. The number of hydrogen-bond acceptors (Lipinski definition) is 3. The number of carboxylic acids is 1. The van der Waals surface area contributed by atoms with Crippen molar-refractivity contribution in [2.24, 2.45) is 0 Å². The van der Waals surface area contributed by atoms with Gasteiger partial charge in [0.25, 0.3) is 0 Å². The van der Waals surface area contributed by atoms with Crippen molar-refractivity contribution < 1.29 is 14.6 Å². The molecule has 0 radical (unpaired) electrons. The molecule has 2 aromatic carbocycles. The van der Waals surface area contributed by atoms with Gasteiger partial charge in [-0.05, 0) is 24.6 Å². The molecule has 2 rings (SSSR count). The number of ether oxygens (including phenoxy) is 1. The van der Waals surface area contributed by atoms with Gasteiger partial charge in [-0.3, -0.25) is 0 Å². The zero-order valence-corrected chi connectivity index (χ0v) is 10.9. The second kappa shape index (κ2) is 5.89. The molecule has 4 heteroatoms. The second-order valence-electron chi connectivity index (χ2n) is 4.34. The van der Waals surface area contributed by atoms with E-state index in [4.69, 9.17) is 10.00 Å². The highest BCUT2D eigenvalue weighted by atomic mass is 16.5. The molecular formula is C16H13NO3. The van der Waals surface area contributed by atoms with Crippen LogP contribution in [0.25, 0.3) is 0 Å². The van der Waals surface area contributed by atoms with E-state index in [0.29, 0.717) is 16.9 Å². The number of nitriles is 1. The van der Waals surface area contributed by atoms with Crippen LogP contribution < -0.4 is 4.74 Å². The van der Waals surface area contributed by atoms with Crippen molar-refractivity contribution in [1.29, 1.82) is 5.26 Å². The summed E-state index contributed by atoms with van der Waals surface area (Å²) in [6.07, 6.45) is -1.09. The molecule has 100 valence electrons. The van der Waals surface area contributed by atoms with Gasteiger partial charge in [0.1, 0.15) is 5.75 Å². The summed E-state index contributed by atoms with van der Waals surface area (Å²) in [5.74, 6) is -0.668. The number of rotatable bonds is 4. The van der Waals surface area contributed by atoms with Crippen molar-refractivity contribution in [3.05, 3.63) is 65.2 Å². The Morgan fingerprint density at radius 3 is 2.55 bits per heavy atom. The molecular weight excluding hydrogens is 254 g/mol. The summed E-state index contributed by atoms with van der Waals surface area (Å²) in [4.78, 5) is 11.4. The van der Waals surface area contributed by atoms with Crippen LogP contribution in [0.2, 0.25) is 0 Å². The predicted octanol–water partition coefficient (Wildman–Crippen LogP) is 3.07. The van der Waals surface area contributed by atoms with Gasteiger partial charge in [-0.2, -0.15) is 5.26 Å². The Balaban J connectivity index is 2.35. The van der Waals surface area contributed by atoms with Crippen LogP contribution >= 0.6 is 0 Å². The fraction of sp³-hybridized carbons (Fsp3) is 0.125. The maximum absolute atomic E-state index is 11.4. The molecule has 0 bridgehead atoms. The minimum Gasteiger partial charge on any atom is -0.478 e. The molecule has 0 aliphatic rings. The highest BCUT2D eigenvalue weighted by Gasteiger charge is 2.22. The minimum atomic E-state index is -1.09. The number of carbonyl (C=O) groups is 1. The van der Waals surface area contributed by atoms with Crippen molar-refractivity contribution in [1.82, 2.24) is 0 Å². The van der Waals surface area contributed by atoms with Crippen LogP contribution in [0.15, 0.2) is 48.5 Å². The van der Waals surface area contributed by atoms with Gasteiger partial charge in [-0.1, -0.05) is 36.4 Å². The Kier molecular flexibility index (Phi) is 4.02. The van der Waals surface area contributed by atoms with Gasteiger partial charge < -0.3 is 9.84 Å². The first kappa shape index (κ1) is 13.6. The summed E-state index contributed by atoms with van der Waals surface area (Å²) in [6, 6.07) is 15.7. The fourth-order valence-corrected chi connectivity index (χ4v) is 1.81. The number of aliphatic carboxylic acids is 1. The summed E-state index contributed by atoms with van der Waals surface area (Å²) in [6.45, 7) is 1.81. The van der Waals surface area contributed by atoms with E-state index in [1.807, 2.05) is 12.1 Å². The first-order valence-corrected chi connectivity index (χ1v) is 6.07. The van der Waals surface area contributed by atoms with E-state index in [1.165, 1.54) is 0 Å². The van der Waals surface area contributed by atoms with Crippen LogP contribution in [-0.4, -0.2) is 11.1 Å². The third kappa shape index (κ3) is 2.96. The number of nitrogens with zero attached hydrogens (tertiary/aromatic N) is 1. The van der Waals surface area contributed by atoms with Gasteiger partial charge in [0, 0.05) is 5.56 Å². The number of hydrogen-bond donors (Lipinski definition) is 1. The Bertz CT molecular complexity index is 659. The van der Waals surface area contributed by atoms with Crippen molar-refractivity contribution in [2.75, 3.05) is 0 Å². The molecule has 0 aromatic heterocycles. The molecule has 0 heterocycles. The molecule has 0 aliphatic carbocycles. The van der Waals surface area contributed by atoms with Gasteiger partial charge in [0.15, 0.2) is 0 Å². The first-order valence-electron chi connectivity index (χ1n) is 6.07. The normalized spacial score (nSPS) is 11.4. The molecule has 0 fully saturated rings. The quantitative estimate of drug-likeness (QED) is 0.924. The number of carboxylic acid groups (broad SMARTS) is 1. The molecule has 0 aliphatic heterocycles. The molecule has 1 unspecified atom stereocenters. The van der Waals surface area contributed by atoms with Crippen molar-refractivity contribution in [2.45, 2.75) is 13.0 Å². The zero-order chi connectivity index (χ0) is 14.5. The van der Waals surface area contributed by atoms with Gasteiger partial charge >= 0.3 is 5.97 Å². The molecule has 0 amide bonds. The largest absolute Gasteiger partial charge is 0.478 e. The molecule has 2 aromatic rings. The van der Waals surface area contributed by atoms with E-state index in [0.717, 1.165) is 5.56 Å². The smallest absolute Gasteiger partial charge is 0.349 e. The molecule has 1 atom stereocenters. The summed E-state index contributed by atoms with van der Waals surface area (Å²) >= 11 is 0. The Morgan fingerprint density at radius 2 is 1.95 bits per heavy atom. The third-order valence-electron chi connectivity index (χ3n) is 2.89. The lowest BCUT2D eigenvalue weighted by molar-refractivity contribution is -0.145. The molecule has 0 saturated carbocycles. The first-order chi connectivity index (χ1) is 9.61. The highest BCUT2D eigenvalue weighted by Crippen LogP contribution is 2.26. The van der Waals surface area contributed by atoms with Crippen LogP contribution in [0, 0.1) is 18.3 Å². The van der Waals surface area contributed by atoms with Crippen LogP contribution in [0.1, 0.15) is 22.8 Å². The molecule has 1 N–H and O–H groups in total. The lowest BCUT2D eigenvalue weighted by Crippen LogP contribution is -2.18. The average molecular weight is 267 g/mol. The zero-order valence-electron chi connectivity index (χ0n) is 10.9. The SMILES string of the molecule is Cc1ccc(C#N)cc1OC(C(=O)O)c1ccccc1. The van der Waals surface area contributed by atoms with E-state index in [9.17, 15) is 9.90 Å². The lowest BCUT2D eigenvalue weighted by atomic mass is 10.1. The summed E-state index contributed by atoms with van der Waals surface area (Å²) < 4.78 is 5.58. The van der Waals surface area contributed by atoms with Gasteiger partial charge in [-0.25, -0.2) is 4.79 Å². The van der Waals surface area contributed by atoms with Crippen LogP contribution in [0.4, 0.5) is 0 Å². The third-order valence-corrected chi connectivity index (χ3v) is 2.89. The van der Waals surface area contributed by atoms with Crippen molar-refractivity contribution in [3.8, 4) is 11.8 Å². The number of aryl methyl sites for hydroxylation is 1. The van der Waals surface area contributed by atoms with Crippen molar-refractivity contribution >= 4 is 5.97 Å². The van der Waals surface area contributed by atoms with E-state index >= 15 is 0 Å². The molecule has 0 saturated heterocycles. The maximum Gasteiger partial charge on any atom is 0.349 e. The Morgan fingerprint density at radius 1 is 1.25 bits per heavy atom. The van der Waals surface area contributed by atoms with E-state index < -0.39 is 12.1 Å². The summed E-state index contributed by atoms with van der Waals surface area (Å²) in [5, 5.41) is 18.2. The van der Waals surface area contributed by atoms with E-state index in [1.54, 1.807) is 49.4 Å². The van der Waals surface area contributed by atoms with Crippen molar-refractivity contribution in [3.63, 3.8) is 0 Å². The molecule has 0 spiro atoms. The van der Waals surface area contributed by atoms with Crippen LogP contribution in [0.3, 0.4) is 0 Å². The topological polar surface area (TPSA) is 70.3 Å². The second-order valence-corrected chi connectivity index (χ2v) is 4.34. The average Bonchev–Trinajstić information content (AvgIpc) is 2.47. The Labute approximate surface area is 116 Å².